The number of alkyl halides is 32. The summed E-state index contributed by atoms with van der Waals surface area (Å²) in [5.74, 6) is -120. The van der Waals surface area contributed by atoms with Crippen molar-refractivity contribution < 1.29 is 160 Å². The van der Waals surface area contributed by atoms with Crippen molar-refractivity contribution in [3.63, 3.8) is 0 Å². The zero-order valence-electron chi connectivity index (χ0n) is 30.1. The molecule has 2 N–H and O–H groups in total. The van der Waals surface area contributed by atoms with Gasteiger partial charge in [0.15, 0.2) is 0 Å². The largest absolute Gasteiger partial charge is 0.465 e. The van der Waals surface area contributed by atoms with Crippen LogP contribution in [0.2, 0.25) is 0 Å². The van der Waals surface area contributed by atoms with Gasteiger partial charge in [-0.1, -0.05) is 6.92 Å². The maximum Gasteiger partial charge on any atom is 0.407 e. The maximum atomic E-state index is 14.8. The molecule has 0 heterocycles. The predicted molar refractivity (Wildman–Crippen MR) is 141 cm³/mol. The van der Waals surface area contributed by atoms with Crippen LogP contribution in [-0.4, -0.2) is 153 Å². The molecule has 386 valence electrons. The fraction of sp³-hybridized carbons (Fsp3) is 0.926. The van der Waals surface area contributed by atoms with Crippen LogP contribution in [0, 0.1) is 5.92 Å². The fourth-order valence-electron chi connectivity index (χ4n) is 5.64. The summed E-state index contributed by atoms with van der Waals surface area (Å²) >= 11 is 0. The minimum Gasteiger partial charge on any atom is -0.465 e. The van der Waals surface area contributed by atoms with E-state index in [4.69, 9.17) is 0 Å². The Morgan fingerprint density at radius 2 is 0.677 bits per heavy atom. The summed E-state index contributed by atoms with van der Waals surface area (Å²) < 4.78 is 441. The Kier molecular flexibility index (Phi) is 15.3. The molecule has 0 bridgehead atoms. The van der Waals surface area contributed by atoms with Crippen LogP contribution in [0.4, 0.5) is 150 Å². The van der Waals surface area contributed by atoms with Gasteiger partial charge in [-0.15, -0.1) is 0 Å². The molecule has 0 radical (unpaired) electrons. The van der Waals surface area contributed by atoms with Crippen molar-refractivity contribution in [2.24, 2.45) is 5.92 Å². The molecule has 0 saturated heterocycles. The van der Waals surface area contributed by atoms with E-state index in [0.29, 0.717) is 6.92 Å². The average molecular weight is 1040 g/mol. The second-order valence-electron chi connectivity index (χ2n) is 13.8. The molecule has 1 rings (SSSR count). The van der Waals surface area contributed by atoms with Gasteiger partial charge in [-0.05, 0) is 25.2 Å². The molecule has 1 aliphatic rings. The number of nitrogens with zero attached hydrogens (tertiary/aromatic N) is 2. The quantitative estimate of drug-likeness (QED) is 0.119. The minimum atomic E-state index is -9.00. The molecule has 3 atom stereocenters. The first-order valence-corrected chi connectivity index (χ1v) is 15.9. The molecule has 65 heavy (non-hydrogen) atoms. The zero-order valence-corrected chi connectivity index (χ0v) is 30.1. The second-order valence-corrected chi connectivity index (χ2v) is 13.8. The van der Waals surface area contributed by atoms with E-state index in [9.17, 15) is 160 Å². The third-order valence-electron chi connectivity index (χ3n) is 9.65. The van der Waals surface area contributed by atoms with Gasteiger partial charge in [0.2, 0.25) is 0 Å². The summed E-state index contributed by atoms with van der Waals surface area (Å²) in [5.41, 5.74) is 0. The fourth-order valence-corrected chi connectivity index (χ4v) is 5.64. The molecular formula is C27H20F32N2O4. The van der Waals surface area contributed by atoms with Crippen molar-refractivity contribution >= 4 is 12.2 Å². The molecule has 2 amide bonds. The first-order valence-electron chi connectivity index (χ1n) is 15.9. The van der Waals surface area contributed by atoms with E-state index < -0.39 is 168 Å². The maximum absolute atomic E-state index is 14.8. The standard InChI is InChI=1S/C27H20F32N2O4/c1-7-2-3-8(60(12(62)63)5-14(32,33)18(40,41)22(48,49)26(56,57)24(52,53)20(44,45)16(36,37)10(28)29)4-9(7)61(13(64)65)6-15(34,35)19(42,43)23(50,51)27(58,59)25(54,55)21(46,47)17(38,39)11(30)31/h7-11H,2-6H2,1H3,(H,62,63)(H,64,65). The Morgan fingerprint density at radius 1 is 0.431 bits per heavy atom. The number of hydrogen-bond acceptors (Lipinski definition) is 2. The highest BCUT2D eigenvalue weighted by Gasteiger charge is 2.95. The van der Waals surface area contributed by atoms with Crippen LogP contribution in [0.5, 0.6) is 0 Å². The van der Waals surface area contributed by atoms with Gasteiger partial charge in [-0.25, -0.2) is 27.2 Å². The molecule has 0 aromatic rings. The number of carboxylic acid groups (broad SMARTS) is 2. The Hall–Kier alpha value is -3.70. The number of hydrogen-bond donors (Lipinski definition) is 2. The van der Waals surface area contributed by atoms with Crippen LogP contribution in [-0.2, 0) is 0 Å². The van der Waals surface area contributed by atoms with Crippen molar-refractivity contribution in [3.8, 4) is 0 Å². The molecule has 0 spiro atoms. The van der Waals surface area contributed by atoms with Crippen molar-refractivity contribution in [3.05, 3.63) is 0 Å². The molecule has 1 aliphatic carbocycles. The smallest absolute Gasteiger partial charge is 0.407 e. The number of rotatable bonds is 20. The van der Waals surface area contributed by atoms with E-state index in [-0.39, 0.29) is 0 Å². The van der Waals surface area contributed by atoms with Crippen molar-refractivity contribution in [1.82, 2.24) is 9.80 Å². The summed E-state index contributed by atoms with van der Waals surface area (Å²) in [7, 11) is 0. The molecule has 0 aromatic carbocycles. The lowest BCUT2D eigenvalue weighted by molar-refractivity contribution is -0.447. The third kappa shape index (κ3) is 8.50. The zero-order chi connectivity index (χ0) is 52.7. The molecule has 1 saturated carbocycles. The highest BCUT2D eigenvalue weighted by Crippen LogP contribution is 2.65. The van der Waals surface area contributed by atoms with Crippen molar-refractivity contribution in [1.29, 1.82) is 0 Å². The Labute approximate surface area is 336 Å². The molecule has 3 unspecified atom stereocenters. The SMILES string of the molecule is CC1CCC(N(CC(F)(F)C(F)(F)C(F)(F)C(F)(F)C(F)(F)C(F)(F)C(F)(F)C(F)F)C(=O)O)CC1N(CC(F)(F)C(F)(F)C(F)(F)C(F)(F)C(F)(F)C(F)(F)C(F)(F)C(F)F)C(=O)O. The Morgan fingerprint density at radius 3 is 0.938 bits per heavy atom. The van der Waals surface area contributed by atoms with E-state index in [2.05, 4.69) is 0 Å². The summed E-state index contributed by atoms with van der Waals surface area (Å²) in [6.07, 6.45) is -23.7. The van der Waals surface area contributed by atoms with Gasteiger partial charge in [0.25, 0.3) is 0 Å². The lowest BCUT2D eigenvalue weighted by Gasteiger charge is -2.46. The third-order valence-corrected chi connectivity index (χ3v) is 9.65. The van der Waals surface area contributed by atoms with Gasteiger partial charge in [0, 0.05) is 12.1 Å². The van der Waals surface area contributed by atoms with Crippen LogP contribution in [0.15, 0.2) is 0 Å². The molecule has 1 fully saturated rings. The van der Waals surface area contributed by atoms with Gasteiger partial charge in [-0.3, -0.25) is 9.80 Å². The first-order chi connectivity index (χ1) is 28.1. The van der Waals surface area contributed by atoms with E-state index in [1.165, 1.54) is 0 Å². The molecule has 0 aromatic heterocycles. The highest BCUT2D eigenvalue weighted by molar-refractivity contribution is 5.66. The van der Waals surface area contributed by atoms with Crippen molar-refractivity contribution in [2.75, 3.05) is 13.1 Å². The predicted octanol–water partition coefficient (Wildman–Crippen LogP) is 11.9. The van der Waals surface area contributed by atoms with E-state index in [1.807, 2.05) is 0 Å². The van der Waals surface area contributed by atoms with Gasteiger partial charge >= 0.3 is 108 Å². The number of amides is 2. The summed E-state index contributed by atoms with van der Waals surface area (Å²) in [6.45, 7) is -7.34. The van der Waals surface area contributed by atoms with Crippen LogP contribution in [0.25, 0.3) is 0 Å². The molecular weight excluding hydrogens is 1020 g/mol. The van der Waals surface area contributed by atoms with E-state index >= 15 is 0 Å². The monoisotopic (exact) mass is 1040 g/mol. The van der Waals surface area contributed by atoms with Gasteiger partial charge in [-0.2, -0.15) is 123 Å². The van der Waals surface area contributed by atoms with Gasteiger partial charge in [0.05, 0.1) is 13.1 Å². The van der Waals surface area contributed by atoms with Crippen LogP contribution >= 0.6 is 0 Å². The Balaban J connectivity index is 3.78. The summed E-state index contributed by atoms with van der Waals surface area (Å²) in [5, 5.41) is 18.6. The summed E-state index contributed by atoms with van der Waals surface area (Å²) in [4.78, 5) is 20.6. The van der Waals surface area contributed by atoms with Gasteiger partial charge in [0.1, 0.15) is 0 Å². The topological polar surface area (TPSA) is 81.1 Å². The second kappa shape index (κ2) is 16.8. The highest BCUT2D eigenvalue weighted by atomic mass is 19.4. The molecule has 6 nitrogen and oxygen atoms in total. The lowest BCUT2D eigenvalue weighted by Crippen LogP contribution is -2.74. The van der Waals surface area contributed by atoms with E-state index in [0.717, 1.165) is 0 Å². The first kappa shape index (κ1) is 59.3. The molecule has 38 heteroatoms. The summed E-state index contributed by atoms with van der Waals surface area (Å²) in [6, 6.07) is -6.02. The van der Waals surface area contributed by atoms with Crippen LogP contribution in [0.1, 0.15) is 26.2 Å². The molecule has 0 aliphatic heterocycles. The van der Waals surface area contributed by atoms with Crippen LogP contribution in [0.3, 0.4) is 0 Å². The van der Waals surface area contributed by atoms with Crippen LogP contribution < -0.4 is 0 Å². The van der Waals surface area contributed by atoms with Gasteiger partial charge < -0.3 is 10.2 Å². The number of halogens is 32. The lowest BCUT2D eigenvalue weighted by atomic mass is 9.80. The van der Waals surface area contributed by atoms with Crippen molar-refractivity contribution in [2.45, 2.75) is 134 Å². The number of carbonyl (C=O) groups is 2. The average Bonchev–Trinajstić information content (AvgIpc) is 3.11. The van der Waals surface area contributed by atoms with E-state index in [1.54, 1.807) is 0 Å². The normalized spacial score (nSPS) is 20.4. The minimum absolute atomic E-state index is 0.478. The Bertz CT molecular complexity index is 1720.